The Balaban J connectivity index is 4.25. The zero-order chi connectivity index (χ0) is 11.1. The van der Waals surface area contributed by atoms with Crippen molar-refractivity contribution < 1.29 is 9.53 Å². The summed E-state index contributed by atoms with van der Waals surface area (Å²) in [6, 6.07) is 0.288. The molecule has 4 heteroatoms. The van der Waals surface area contributed by atoms with Crippen molar-refractivity contribution in [3.63, 3.8) is 0 Å². The molecule has 0 N–H and O–H groups in total. The van der Waals surface area contributed by atoms with Gasteiger partial charge < -0.3 is 4.74 Å². The Morgan fingerprint density at radius 2 is 2.14 bits per heavy atom. The molecule has 3 nitrogen and oxygen atoms in total. The molecule has 2 atom stereocenters. The maximum absolute atomic E-state index is 11.3. The first kappa shape index (κ1) is 13.8. The van der Waals surface area contributed by atoms with Gasteiger partial charge in [-0.25, -0.2) is 0 Å². The zero-order valence-electron chi connectivity index (χ0n) is 9.74. The maximum Gasteiger partial charge on any atom is 0.322 e. The normalized spacial score (nSPS) is 15.3. The summed E-state index contributed by atoms with van der Waals surface area (Å²) >= 11 is 1.81. The van der Waals surface area contributed by atoms with Crippen molar-refractivity contribution in [2.75, 3.05) is 26.2 Å². The summed E-state index contributed by atoms with van der Waals surface area (Å²) in [6.07, 6.45) is 3.14. The summed E-state index contributed by atoms with van der Waals surface area (Å²) in [5.74, 6) is 0.890. The highest BCUT2D eigenvalue weighted by Crippen LogP contribution is 2.12. The van der Waals surface area contributed by atoms with Crippen LogP contribution < -0.4 is 0 Å². The first-order chi connectivity index (χ1) is 6.58. The number of methoxy groups -OCH3 is 1. The fraction of sp³-hybridized carbons (Fsp3) is 0.900. The molecule has 0 fully saturated rings. The third-order valence-electron chi connectivity index (χ3n) is 2.56. The highest BCUT2D eigenvalue weighted by Gasteiger charge is 2.23. The predicted molar refractivity (Wildman–Crippen MR) is 61.7 cm³/mol. The molecule has 0 amide bonds. The molecule has 0 saturated heterocycles. The Morgan fingerprint density at radius 3 is 2.50 bits per heavy atom. The van der Waals surface area contributed by atoms with Crippen LogP contribution in [0, 0.1) is 0 Å². The van der Waals surface area contributed by atoms with E-state index in [1.165, 1.54) is 7.11 Å². The van der Waals surface area contributed by atoms with E-state index in [4.69, 9.17) is 4.74 Å². The van der Waals surface area contributed by atoms with Gasteiger partial charge in [0.15, 0.2) is 0 Å². The summed E-state index contributed by atoms with van der Waals surface area (Å²) in [7, 11) is 3.41. The second-order valence-corrected chi connectivity index (χ2v) is 4.29. The molecule has 0 aliphatic rings. The van der Waals surface area contributed by atoms with Crippen LogP contribution in [0.4, 0.5) is 0 Å². The average Bonchev–Trinajstić information content (AvgIpc) is 2.22. The Bertz CT molecular complexity index is 176. The van der Waals surface area contributed by atoms with E-state index < -0.39 is 0 Å². The molecule has 2 unspecified atom stereocenters. The van der Waals surface area contributed by atoms with Gasteiger partial charge in [0.25, 0.3) is 0 Å². The molecular weight excluding hydrogens is 198 g/mol. The number of hydrogen-bond donors (Lipinski definition) is 0. The van der Waals surface area contributed by atoms with E-state index in [9.17, 15) is 4.79 Å². The van der Waals surface area contributed by atoms with Gasteiger partial charge in [0.05, 0.1) is 7.11 Å². The molecule has 0 aliphatic carbocycles. The highest BCUT2D eigenvalue weighted by molar-refractivity contribution is 7.98. The van der Waals surface area contributed by atoms with Crippen molar-refractivity contribution in [2.45, 2.75) is 32.4 Å². The number of esters is 1. The number of carbonyl (C=O) groups excluding carboxylic acids is 1. The fourth-order valence-electron chi connectivity index (χ4n) is 1.37. The monoisotopic (exact) mass is 219 g/mol. The van der Waals surface area contributed by atoms with Crippen molar-refractivity contribution in [3.05, 3.63) is 0 Å². The van der Waals surface area contributed by atoms with Gasteiger partial charge in [-0.2, -0.15) is 11.8 Å². The third kappa shape index (κ3) is 3.88. The quantitative estimate of drug-likeness (QED) is 0.635. The topological polar surface area (TPSA) is 29.5 Å². The Hall–Kier alpha value is -0.220. The SMILES string of the molecule is CCC(CSC)N(C)C(C)C(=O)OC. The largest absolute Gasteiger partial charge is 0.468 e. The van der Waals surface area contributed by atoms with E-state index in [1.54, 1.807) is 11.8 Å². The van der Waals surface area contributed by atoms with Crippen LogP contribution in [0.5, 0.6) is 0 Å². The summed E-state index contributed by atoms with van der Waals surface area (Å²) < 4.78 is 4.72. The van der Waals surface area contributed by atoms with E-state index in [2.05, 4.69) is 18.1 Å². The van der Waals surface area contributed by atoms with Gasteiger partial charge in [-0.3, -0.25) is 9.69 Å². The van der Waals surface area contributed by atoms with Gasteiger partial charge in [-0.05, 0) is 26.6 Å². The molecule has 84 valence electrons. The number of carbonyl (C=O) groups is 1. The molecule has 0 aromatic rings. The number of likely N-dealkylation sites (N-methyl/N-ethyl adjacent to an activating group) is 1. The second-order valence-electron chi connectivity index (χ2n) is 3.38. The first-order valence-corrected chi connectivity index (χ1v) is 6.26. The lowest BCUT2D eigenvalue weighted by molar-refractivity contribution is -0.146. The standard InChI is InChI=1S/C10H21NO2S/c1-6-9(7-14-5)11(3)8(2)10(12)13-4/h8-9H,6-7H2,1-5H3. The van der Waals surface area contributed by atoms with E-state index in [0.29, 0.717) is 6.04 Å². The molecule has 0 rings (SSSR count). The van der Waals surface area contributed by atoms with Crippen molar-refractivity contribution in [3.8, 4) is 0 Å². The molecule has 14 heavy (non-hydrogen) atoms. The van der Waals surface area contributed by atoms with E-state index in [1.807, 2.05) is 14.0 Å². The average molecular weight is 219 g/mol. The van der Waals surface area contributed by atoms with Crippen LogP contribution in [-0.2, 0) is 9.53 Å². The van der Waals surface area contributed by atoms with E-state index in [-0.39, 0.29) is 12.0 Å². The van der Waals surface area contributed by atoms with Crippen LogP contribution in [0.3, 0.4) is 0 Å². The van der Waals surface area contributed by atoms with Gasteiger partial charge >= 0.3 is 5.97 Å². The van der Waals surface area contributed by atoms with Crippen LogP contribution in [-0.4, -0.2) is 49.1 Å². The van der Waals surface area contributed by atoms with Crippen molar-refractivity contribution in [2.24, 2.45) is 0 Å². The Kier molecular flexibility index (Phi) is 7.01. The number of thioether (sulfide) groups is 1. The van der Waals surface area contributed by atoms with Crippen LogP contribution in [0.25, 0.3) is 0 Å². The first-order valence-electron chi connectivity index (χ1n) is 4.87. The smallest absolute Gasteiger partial charge is 0.322 e. The molecule has 0 bridgehead atoms. The van der Waals surface area contributed by atoms with Crippen LogP contribution in [0.15, 0.2) is 0 Å². The van der Waals surface area contributed by atoms with E-state index >= 15 is 0 Å². The summed E-state index contributed by atoms with van der Waals surface area (Å²) in [6.45, 7) is 4.02. The van der Waals surface area contributed by atoms with Gasteiger partial charge in [0.1, 0.15) is 6.04 Å². The molecule has 0 heterocycles. The highest BCUT2D eigenvalue weighted by atomic mass is 32.2. The van der Waals surface area contributed by atoms with Gasteiger partial charge in [0.2, 0.25) is 0 Å². The molecule has 0 aliphatic heterocycles. The Morgan fingerprint density at radius 1 is 1.57 bits per heavy atom. The predicted octanol–water partition coefficient (Wildman–Crippen LogP) is 1.62. The minimum atomic E-state index is -0.160. The number of rotatable bonds is 6. The van der Waals surface area contributed by atoms with E-state index in [0.717, 1.165) is 12.2 Å². The summed E-state index contributed by atoms with van der Waals surface area (Å²) in [5, 5.41) is 0. The Labute approximate surface area is 91.2 Å². The van der Waals surface area contributed by atoms with Crippen LogP contribution >= 0.6 is 11.8 Å². The summed E-state index contributed by atoms with van der Waals surface area (Å²) in [5.41, 5.74) is 0. The summed E-state index contributed by atoms with van der Waals surface area (Å²) in [4.78, 5) is 13.4. The molecule has 0 aromatic heterocycles. The number of hydrogen-bond acceptors (Lipinski definition) is 4. The zero-order valence-corrected chi connectivity index (χ0v) is 10.6. The molecule has 0 aromatic carbocycles. The fourth-order valence-corrected chi connectivity index (χ4v) is 2.22. The molecular formula is C10H21NO2S. The number of nitrogens with zero attached hydrogens (tertiary/aromatic N) is 1. The second kappa shape index (κ2) is 7.12. The van der Waals surface area contributed by atoms with Gasteiger partial charge in [0, 0.05) is 11.8 Å². The van der Waals surface area contributed by atoms with Crippen molar-refractivity contribution >= 4 is 17.7 Å². The van der Waals surface area contributed by atoms with Gasteiger partial charge in [-0.15, -0.1) is 0 Å². The van der Waals surface area contributed by atoms with Crippen LogP contribution in [0.1, 0.15) is 20.3 Å². The minimum Gasteiger partial charge on any atom is -0.468 e. The van der Waals surface area contributed by atoms with Crippen molar-refractivity contribution in [1.29, 1.82) is 0 Å². The maximum atomic E-state index is 11.3. The number of ether oxygens (including phenoxy) is 1. The van der Waals surface area contributed by atoms with Gasteiger partial charge in [-0.1, -0.05) is 6.92 Å². The molecule has 0 radical (unpaired) electrons. The third-order valence-corrected chi connectivity index (χ3v) is 3.28. The molecule has 0 saturated carbocycles. The lowest BCUT2D eigenvalue weighted by atomic mass is 10.2. The van der Waals surface area contributed by atoms with Crippen LogP contribution in [0.2, 0.25) is 0 Å². The molecule has 0 spiro atoms. The lowest BCUT2D eigenvalue weighted by Crippen LogP contribution is -2.44. The van der Waals surface area contributed by atoms with Crippen molar-refractivity contribution in [1.82, 2.24) is 4.90 Å². The minimum absolute atomic E-state index is 0.155. The lowest BCUT2D eigenvalue weighted by Gasteiger charge is -2.30.